The van der Waals surface area contributed by atoms with E-state index in [1.165, 1.54) is 11.4 Å². The summed E-state index contributed by atoms with van der Waals surface area (Å²) >= 11 is 0. The number of nitrogens with zero attached hydrogens (tertiary/aromatic N) is 2. The van der Waals surface area contributed by atoms with E-state index in [1.54, 1.807) is 19.9 Å². The summed E-state index contributed by atoms with van der Waals surface area (Å²) in [6.07, 6.45) is 4.09. The first-order chi connectivity index (χ1) is 20.1. The SMILES string of the molecule is CCc1cn2c3c(cc(C(=O)N[C@@H](Cc4ccccc4)[C@@H](CNC4CCOCC4)OC=O)cc13)N(C)S(=O)(=O)C2(C)C. The minimum atomic E-state index is -3.75. The molecular weight excluding hydrogens is 556 g/mol. The molecule has 0 saturated carbocycles. The van der Waals surface area contributed by atoms with Crippen LogP contribution in [0.15, 0.2) is 48.7 Å². The molecule has 3 heterocycles. The molecule has 226 valence electrons. The molecule has 0 unspecified atom stereocenters. The van der Waals surface area contributed by atoms with Crippen LogP contribution in [0, 0.1) is 0 Å². The number of amides is 1. The highest BCUT2D eigenvalue weighted by Gasteiger charge is 2.45. The Morgan fingerprint density at radius 2 is 1.90 bits per heavy atom. The zero-order valence-electron chi connectivity index (χ0n) is 24.6. The van der Waals surface area contributed by atoms with Gasteiger partial charge in [0.1, 0.15) is 6.10 Å². The number of nitrogens with one attached hydrogen (secondary N) is 2. The van der Waals surface area contributed by atoms with Crippen molar-refractivity contribution in [3.63, 3.8) is 0 Å². The van der Waals surface area contributed by atoms with Crippen molar-refractivity contribution in [1.82, 2.24) is 15.2 Å². The molecule has 1 amide bonds. The number of aromatic nitrogens is 1. The Bertz CT molecular complexity index is 1550. The second kappa shape index (κ2) is 12.1. The Hall–Kier alpha value is -3.41. The van der Waals surface area contributed by atoms with Gasteiger partial charge in [-0.15, -0.1) is 0 Å². The van der Waals surface area contributed by atoms with Crippen molar-refractivity contribution < 1.29 is 27.5 Å². The Morgan fingerprint density at radius 3 is 2.57 bits per heavy atom. The normalized spacial score (nSPS) is 19.3. The molecule has 2 aromatic carbocycles. The molecule has 2 aliphatic heterocycles. The summed E-state index contributed by atoms with van der Waals surface area (Å²) in [5.74, 6) is -0.370. The summed E-state index contributed by atoms with van der Waals surface area (Å²) in [5.41, 5.74) is 3.53. The molecule has 1 fully saturated rings. The summed E-state index contributed by atoms with van der Waals surface area (Å²) in [5, 5.41) is 7.45. The van der Waals surface area contributed by atoms with Crippen LogP contribution in [0.4, 0.5) is 5.69 Å². The van der Waals surface area contributed by atoms with E-state index in [0.29, 0.717) is 50.3 Å². The molecule has 0 radical (unpaired) electrons. The van der Waals surface area contributed by atoms with E-state index in [0.717, 1.165) is 34.9 Å². The number of hydrogen-bond acceptors (Lipinski definition) is 7. The van der Waals surface area contributed by atoms with Crippen LogP contribution in [-0.4, -0.2) is 70.4 Å². The molecule has 0 aliphatic carbocycles. The van der Waals surface area contributed by atoms with Gasteiger partial charge in [-0.3, -0.25) is 13.9 Å². The maximum atomic E-state index is 13.9. The lowest BCUT2D eigenvalue weighted by atomic mass is 9.99. The van der Waals surface area contributed by atoms with Crippen LogP contribution in [0.2, 0.25) is 0 Å². The van der Waals surface area contributed by atoms with Crippen LogP contribution < -0.4 is 14.9 Å². The van der Waals surface area contributed by atoms with Gasteiger partial charge in [-0.05, 0) is 62.8 Å². The van der Waals surface area contributed by atoms with Gasteiger partial charge in [-0.1, -0.05) is 37.3 Å². The Labute approximate surface area is 247 Å². The largest absolute Gasteiger partial charge is 0.461 e. The van der Waals surface area contributed by atoms with Crippen LogP contribution >= 0.6 is 0 Å². The fraction of sp³-hybridized carbons (Fsp3) is 0.484. The molecule has 5 rings (SSSR count). The molecule has 10 nitrogen and oxygen atoms in total. The molecule has 3 aromatic rings. The van der Waals surface area contributed by atoms with Crippen molar-refractivity contribution in [3.8, 4) is 0 Å². The van der Waals surface area contributed by atoms with Crippen LogP contribution in [-0.2, 0) is 42.0 Å². The van der Waals surface area contributed by atoms with Crippen LogP contribution in [0.3, 0.4) is 0 Å². The summed E-state index contributed by atoms with van der Waals surface area (Å²) in [6.45, 7) is 7.54. The summed E-state index contributed by atoms with van der Waals surface area (Å²) in [7, 11) is -2.22. The van der Waals surface area contributed by atoms with E-state index in [4.69, 9.17) is 9.47 Å². The van der Waals surface area contributed by atoms with E-state index >= 15 is 0 Å². The molecule has 2 aliphatic rings. The number of ether oxygens (including phenoxy) is 2. The van der Waals surface area contributed by atoms with Gasteiger partial charge in [0, 0.05) is 50.0 Å². The van der Waals surface area contributed by atoms with Crippen molar-refractivity contribution >= 4 is 39.0 Å². The standard InChI is InChI=1S/C31H40N4O6S/c1-5-22-19-35-29-25(22)16-23(17-27(29)34(4)42(38,39)31(35,2)3)30(37)33-26(15-21-9-7-6-8-10-21)28(41-20-36)18-32-24-11-13-40-14-12-24/h6-10,16-17,19-20,24,26,28,32H,5,11-15,18H2,1-4H3,(H,33,37)/t26-,28+/m0/s1. The lowest BCUT2D eigenvalue weighted by molar-refractivity contribution is -0.134. The molecule has 1 aromatic heterocycles. The summed E-state index contributed by atoms with van der Waals surface area (Å²) < 4.78 is 41.1. The summed E-state index contributed by atoms with van der Waals surface area (Å²) in [6, 6.07) is 12.9. The highest BCUT2D eigenvalue weighted by Crippen LogP contribution is 2.44. The van der Waals surface area contributed by atoms with Crippen LogP contribution in [0.5, 0.6) is 0 Å². The molecule has 1 saturated heterocycles. The number of carbonyl (C=O) groups is 2. The Kier molecular flexibility index (Phi) is 8.63. The van der Waals surface area contributed by atoms with Gasteiger partial charge < -0.3 is 24.7 Å². The van der Waals surface area contributed by atoms with Crippen LogP contribution in [0.25, 0.3) is 10.9 Å². The highest BCUT2D eigenvalue weighted by molar-refractivity contribution is 7.93. The average Bonchev–Trinajstić information content (AvgIpc) is 3.38. The molecular formula is C31H40N4O6S. The van der Waals surface area contributed by atoms with Crippen molar-refractivity contribution in [3.05, 3.63) is 65.4 Å². The molecule has 0 spiro atoms. The second-order valence-electron chi connectivity index (χ2n) is 11.5. The first kappa shape index (κ1) is 30.1. The number of benzene rings is 2. The predicted molar refractivity (Wildman–Crippen MR) is 162 cm³/mol. The minimum absolute atomic E-state index is 0.235. The zero-order chi connectivity index (χ0) is 30.1. The number of carbonyl (C=O) groups excluding carboxylic acids is 2. The molecule has 11 heteroatoms. The van der Waals surface area contributed by atoms with E-state index < -0.39 is 27.0 Å². The Balaban J connectivity index is 1.49. The third kappa shape index (κ3) is 5.52. The van der Waals surface area contributed by atoms with E-state index in [2.05, 4.69) is 10.6 Å². The van der Waals surface area contributed by atoms with Gasteiger partial charge in [0.25, 0.3) is 22.4 Å². The topological polar surface area (TPSA) is 119 Å². The number of anilines is 1. The van der Waals surface area contributed by atoms with Gasteiger partial charge in [0.15, 0.2) is 4.87 Å². The monoisotopic (exact) mass is 596 g/mol. The lowest BCUT2D eigenvalue weighted by Crippen LogP contribution is -2.51. The van der Waals surface area contributed by atoms with Gasteiger partial charge in [-0.2, -0.15) is 0 Å². The van der Waals surface area contributed by atoms with Gasteiger partial charge >= 0.3 is 0 Å². The predicted octanol–water partition coefficient (Wildman–Crippen LogP) is 3.33. The maximum absolute atomic E-state index is 13.9. The van der Waals surface area contributed by atoms with E-state index in [-0.39, 0.29) is 11.9 Å². The van der Waals surface area contributed by atoms with Gasteiger partial charge in [0.2, 0.25) is 0 Å². The number of aryl methyl sites for hydroxylation is 1. The molecule has 2 atom stereocenters. The highest BCUT2D eigenvalue weighted by atomic mass is 32.2. The first-order valence-corrected chi connectivity index (χ1v) is 15.9. The molecule has 42 heavy (non-hydrogen) atoms. The van der Waals surface area contributed by atoms with Gasteiger partial charge in [0.05, 0.1) is 17.2 Å². The third-order valence-corrected chi connectivity index (χ3v) is 11.0. The number of sulfonamides is 1. The minimum Gasteiger partial charge on any atom is -0.461 e. The van der Waals surface area contributed by atoms with Crippen molar-refractivity contribution in [2.24, 2.45) is 0 Å². The number of rotatable bonds is 11. The smallest absolute Gasteiger partial charge is 0.293 e. The lowest BCUT2D eigenvalue weighted by Gasteiger charge is -2.38. The van der Waals surface area contributed by atoms with Crippen LogP contribution in [0.1, 0.15) is 55.1 Å². The quantitative estimate of drug-likeness (QED) is 0.326. The van der Waals surface area contributed by atoms with Crippen molar-refractivity contribution in [1.29, 1.82) is 0 Å². The first-order valence-electron chi connectivity index (χ1n) is 14.5. The van der Waals surface area contributed by atoms with Crippen molar-refractivity contribution in [2.45, 2.75) is 69.5 Å². The van der Waals surface area contributed by atoms with Crippen molar-refractivity contribution in [2.75, 3.05) is 31.1 Å². The van der Waals surface area contributed by atoms with E-state index in [9.17, 15) is 18.0 Å². The fourth-order valence-corrected chi connectivity index (χ4v) is 7.47. The fourth-order valence-electron chi connectivity index (χ4n) is 6.01. The molecule has 2 N–H and O–H groups in total. The molecule has 0 bridgehead atoms. The zero-order valence-corrected chi connectivity index (χ0v) is 25.4. The summed E-state index contributed by atoms with van der Waals surface area (Å²) in [4.78, 5) is 24.3. The Morgan fingerprint density at radius 1 is 1.19 bits per heavy atom. The van der Waals surface area contributed by atoms with E-state index in [1.807, 2.05) is 54.1 Å². The third-order valence-electron chi connectivity index (χ3n) is 8.64. The second-order valence-corrected chi connectivity index (χ2v) is 14.0. The maximum Gasteiger partial charge on any atom is 0.293 e. The van der Waals surface area contributed by atoms with Gasteiger partial charge in [-0.25, -0.2) is 8.42 Å². The number of hydrogen-bond donors (Lipinski definition) is 2. The average molecular weight is 597 g/mol.